The molecular weight excluding hydrogens is 334 g/mol. The molecule has 26 heavy (non-hydrogen) atoms. The number of fused-ring (bicyclic) bond motifs is 1. The molecule has 0 spiro atoms. The Bertz CT molecular complexity index is 936. The van der Waals surface area contributed by atoms with Crippen molar-refractivity contribution in [3.8, 4) is 0 Å². The molecule has 2 heterocycles. The van der Waals surface area contributed by atoms with Crippen LogP contribution in [-0.4, -0.2) is 42.2 Å². The summed E-state index contributed by atoms with van der Waals surface area (Å²) in [6.07, 6.45) is 3.75. The molecule has 0 aliphatic rings. The molecule has 0 unspecified atom stereocenters. The number of hydrogen-bond donors (Lipinski definition) is 1. The van der Waals surface area contributed by atoms with Gasteiger partial charge in [-0.1, -0.05) is 32.4 Å². The van der Waals surface area contributed by atoms with Crippen molar-refractivity contribution in [2.75, 3.05) is 6.54 Å². The average molecular weight is 355 g/mol. The van der Waals surface area contributed by atoms with Crippen molar-refractivity contribution < 1.29 is 4.79 Å². The molecular formula is C17H21N7O2. The third-order valence-corrected chi connectivity index (χ3v) is 4.48. The summed E-state index contributed by atoms with van der Waals surface area (Å²) in [5.74, 6) is -0.1000. The van der Waals surface area contributed by atoms with E-state index in [1.54, 1.807) is 18.2 Å². The van der Waals surface area contributed by atoms with E-state index in [4.69, 9.17) is 0 Å². The predicted octanol–water partition coefficient (Wildman–Crippen LogP) is 0.787. The number of carbonyl (C=O) groups excluding carboxylic acids is 1. The SMILES string of the molecule is CC[C@H](C)[C@@H](C(=O)NCCn1cnc2ccccc2c1=O)n1cnnn1. The zero-order chi connectivity index (χ0) is 18.5. The molecule has 1 amide bonds. The second-order valence-electron chi connectivity index (χ2n) is 6.17. The molecule has 0 radical (unpaired) electrons. The maximum atomic E-state index is 12.6. The number of nitrogens with one attached hydrogen (secondary N) is 1. The summed E-state index contributed by atoms with van der Waals surface area (Å²) >= 11 is 0. The van der Waals surface area contributed by atoms with Crippen LogP contribution in [-0.2, 0) is 11.3 Å². The molecule has 0 aliphatic carbocycles. The van der Waals surface area contributed by atoms with Gasteiger partial charge in [0.25, 0.3) is 5.56 Å². The minimum absolute atomic E-state index is 0.0727. The number of benzene rings is 1. The van der Waals surface area contributed by atoms with E-state index in [0.29, 0.717) is 24.0 Å². The van der Waals surface area contributed by atoms with Crippen LogP contribution in [0.3, 0.4) is 0 Å². The van der Waals surface area contributed by atoms with Crippen molar-refractivity contribution in [3.63, 3.8) is 0 Å². The van der Waals surface area contributed by atoms with Gasteiger partial charge in [-0.2, -0.15) is 0 Å². The van der Waals surface area contributed by atoms with E-state index >= 15 is 0 Å². The first-order valence-corrected chi connectivity index (χ1v) is 8.56. The summed E-state index contributed by atoms with van der Waals surface area (Å²) in [7, 11) is 0. The van der Waals surface area contributed by atoms with E-state index in [0.717, 1.165) is 6.42 Å². The van der Waals surface area contributed by atoms with Gasteiger partial charge in [0.15, 0.2) is 0 Å². The van der Waals surface area contributed by atoms with Crippen LogP contribution in [0.5, 0.6) is 0 Å². The van der Waals surface area contributed by atoms with Crippen LogP contribution in [0, 0.1) is 5.92 Å². The molecule has 3 aromatic rings. The molecule has 9 nitrogen and oxygen atoms in total. The molecule has 0 saturated carbocycles. The lowest BCUT2D eigenvalue weighted by Gasteiger charge is -2.21. The highest BCUT2D eigenvalue weighted by atomic mass is 16.2. The molecule has 1 aromatic carbocycles. The molecule has 0 aliphatic heterocycles. The minimum atomic E-state index is -0.485. The molecule has 0 saturated heterocycles. The van der Waals surface area contributed by atoms with E-state index in [9.17, 15) is 9.59 Å². The second-order valence-corrected chi connectivity index (χ2v) is 6.17. The number of nitrogens with zero attached hydrogens (tertiary/aromatic N) is 6. The van der Waals surface area contributed by atoms with Crippen LogP contribution in [0.15, 0.2) is 41.7 Å². The Hall–Kier alpha value is -3.10. The first-order chi connectivity index (χ1) is 12.6. The minimum Gasteiger partial charge on any atom is -0.352 e. The summed E-state index contributed by atoms with van der Waals surface area (Å²) in [4.78, 5) is 29.3. The number of para-hydroxylation sites is 1. The van der Waals surface area contributed by atoms with Crippen molar-refractivity contribution in [1.29, 1.82) is 0 Å². The van der Waals surface area contributed by atoms with Crippen LogP contribution in [0.4, 0.5) is 0 Å². The van der Waals surface area contributed by atoms with Gasteiger partial charge >= 0.3 is 0 Å². The monoisotopic (exact) mass is 355 g/mol. The van der Waals surface area contributed by atoms with Crippen molar-refractivity contribution in [2.24, 2.45) is 5.92 Å². The van der Waals surface area contributed by atoms with Gasteiger partial charge in [-0.15, -0.1) is 5.10 Å². The van der Waals surface area contributed by atoms with Crippen molar-refractivity contribution in [1.82, 2.24) is 35.1 Å². The molecule has 136 valence electrons. The van der Waals surface area contributed by atoms with E-state index in [1.165, 1.54) is 21.9 Å². The Kier molecular flexibility index (Phi) is 5.35. The van der Waals surface area contributed by atoms with E-state index in [2.05, 4.69) is 25.8 Å². The Balaban J connectivity index is 1.68. The molecule has 1 N–H and O–H groups in total. The Labute approximate surface area is 150 Å². The molecule has 2 aromatic heterocycles. The van der Waals surface area contributed by atoms with Gasteiger partial charge in [0.1, 0.15) is 12.4 Å². The van der Waals surface area contributed by atoms with Gasteiger partial charge in [0.2, 0.25) is 5.91 Å². The maximum Gasteiger partial charge on any atom is 0.261 e. The van der Waals surface area contributed by atoms with E-state index in [1.807, 2.05) is 19.9 Å². The number of tetrazole rings is 1. The third-order valence-electron chi connectivity index (χ3n) is 4.48. The van der Waals surface area contributed by atoms with Gasteiger partial charge in [-0.3, -0.25) is 14.2 Å². The molecule has 0 bridgehead atoms. The fourth-order valence-electron chi connectivity index (χ4n) is 2.83. The van der Waals surface area contributed by atoms with Crippen LogP contribution >= 0.6 is 0 Å². The van der Waals surface area contributed by atoms with E-state index in [-0.39, 0.29) is 17.4 Å². The third kappa shape index (κ3) is 3.61. The molecule has 3 rings (SSSR count). The van der Waals surface area contributed by atoms with E-state index < -0.39 is 6.04 Å². The lowest BCUT2D eigenvalue weighted by atomic mass is 9.98. The zero-order valence-corrected chi connectivity index (χ0v) is 14.7. The lowest BCUT2D eigenvalue weighted by molar-refractivity contribution is -0.126. The number of carbonyl (C=O) groups is 1. The summed E-state index contributed by atoms with van der Waals surface area (Å²) in [5.41, 5.74) is 0.539. The highest BCUT2D eigenvalue weighted by Crippen LogP contribution is 2.19. The highest BCUT2D eigenvalue weighted by Gasteiger charge is 2.26. The van der Waals surface area contributed by atoms with Crippen molar-refractivity contribution >= 4 is 16.8 Å². The van der Waals surface area contributed by atoms with Crippen LogP contribution in [0.1, 0.15) is 26.3 Å². The number of hydrogen-bond acceptors (Lipinski definition) is 6. The first kappa shape index (κ1) is 17.7. The molecule has 2 atom stereocenters. The Morgan fingerprint density at radius 2 is 2.08 bits per heavy atom. The fraction of sp³-hybridized carbons (Fsp3) is 0.412. The Morgan fingerprint density at radius 1 is 1.27 bits per heavy atom. The normalized spacial score (nSPS) is 13.5. The standard InChI is InChI=1S/C17H21N7O2/c1-3-12(2)15(24-11-20-21-22-24)16(25)18-8-9-23-10-19-14-7-5-4-6-13(14)17(23)26/h4-7,10-12,15H,3,8-9H2,1-2H3,(H,18,25)/t12-,15-/m0/s1. The van der Waals surface area contributed by atoms with Gasteiger partial charge in [0, 0.05) is 13.1 Å². The van der Waals surface area contributed by atoms with Gasteiger partial charge in [-0.05, 0) is 28.5 Å². The lowest BCUT2D eigenvalue weighted by Crippen LogP contribution is -2.38. The number of rotatable bonds is 7. The van der Waals surface area contributed by atoms with Crippen LogP contribution in [0.25, 0.3) is 10.9 Å². The molecule has 0 fully saturated rings. The molecule has 9 heteroatoms. The van der Waals surface area contributed by atoms with Gasteiger partial charge < -0.3 is 5.32 Å². The maximum absolute atomic E-state index is 12.6. The average Bonchev–Trinajstić information content (AvgIpc) is 3.18. The van der Waals surface area contributed by atoms with Crippen LogP contribution in [0.2, 0.25) is 0 Å². The van der Waals surface area contributed by atoms with Crippen LogP contribution < -0.4 is 10.9 Å². The summed E-state index contributed by atoms with van der Waals surface area (Å²) < 4.78 is 2.96. The number of aromatic nitrogens is 6. The Morgan fingerprint density at radius 3 is 2.81 bits per heavy atom. The number of amides is 1. The van der Waals surface area contributed by atoms with Crippen molar-refractivity contribution in [3.05, 3.63) is 47.3 Å². The van der Waals surface area contributed by atoms with Crippen molar-refractivity contribution in [2.45, 2.75) is 32.9 Å². The summed E-state index contributed by atoms with van der Waals surface area (Å²) in [6, 6.07) is 6.71. The first-order valence-electron chi connectivity index (χ1n) is 8.56. The van der Waals surface area contributed by atoms with Gasteiger partial charge in [-0.25, -0.2) is 9.67 Å². The topological polar surface area (TPSA) is 108 Å². The highest BCUT2D eigenvalue weighted by molar-refractivity contribution is 5.80. The second kappa shape index (κ2) is 7.85. The smallest absolute Gasteiger partial charge is 0.261 e. The largest absolute Gasteiger partial charge is 0.352 e. The fourth-order valence-corrected chi connectivity index (χ4v) is 2.83. The van der Waals surface area contributed by atoms with Gasteiger partial charge in [0.05, 0.1) is 17.2 Å². The zero-order valence-electron chi connectivity index (χ0n) is 14.7. The summed E-state index contributed by atoms with van der Waals surface area (Å²) in [5, 5.41) is 14.5. The predicted molar refractivity (Wildman–Crippen MR) is 95.3 cm³/mol. The summed E-state index contributed by atoms with van der Waals surface area (Å²) in [6.45, 7) is 4.64. The quantitative estimate of drug-likeness (QED) is 0.671.